The molecule has 0 aromatic carbocycles. The predicted octanol–water partition coefficient (Wildman–Crippen LogP) is 4.42. The smallest absolute Gasteiger partial charge is 0.413 e. The summed E-state index contributed by atoms with van der Waals surface area (Å²) in [6.07, 6.45) is 0.481. The number of ether oxygens (including phenoxy) is 3. The molecule has 0 bridgehead atoms. The van der Waals surface area contributed by atoms with Gasteiger partial charge >= 0.3 is 18.2 Å². The van der Waals surface area contributed by atoms with E-state index in [1.165, 1.54) is 0 Å². The van der Waals surface area contributed by atoms with E-state index in [2.05, 4.69) is 15.5 Å². The maximum atomic E-state index is 12.4. The number of hydrogen-bond acceptors (Lipinski definition) is 10. The lowest BCUT2D eigenvalue weighted by atomic mass is 9.98. The minimum Gasteiger partial charge on any atom is -0.461 e. The van der Waals surface area contributed by atoms with Gasteiger partial charge in [0.25, 0.3) is 0 Å². The summed E-state index contributed by atoms with van der Waals surface area (Å²) in [5.41, 5.74) is -1.06. The first-order valence-corrected chi connectivity index (χ1v) is 12.5. The first kappa shape index (κ1) is 28.3. The van der Waals surface area contributed by atoms with Crippen molar-refractivity contribution in [2.24, 2.45) is 11.1 Å². The number of esters is 1. The van der Waals surface area contributed by atoms with Crippen LogP contribution < -0.4 is 5.32 Å². The Morgan fingerprint density at radius 2 is 1.74 bits per heavy atom. The lowest BCUT2D eigenvalue weighted by Crippen LogP contribution is -2.42. The maximum Gasteiger partial charge on any atom is 0.413 e. The average molecular weight is 513 g/mol. The van der Waals surface area contributed by atoms with Gasteiger partial charge in [-0.3, -0.25) is 5.32 Å². The molecule has 1 saturated heterocycles. The van der Waals surface area contributed by atoms with Crippen molar-refractivity contribution >= 4 is 40.3 Å². The molecule has 0 spiro atoms. The molecule has 1 fully saturated rings. The molecule has 1 N–H and O–H groups in total. The van der Waals surface area contributed by atoms with Gasteiger partial charge in [-0.15, -0.1) is 11.3 Å². The molecule has 11 nitrogen and oxygen atoms in total. The van der Waals surface area contributed by atoms with E-state index in [4.69, 9.17) is 19.0 Å². The van der Waals surface area contributed by atoms with Gasteiger partial charge in [0.1, 0.15) is 23.5 Å². The third kappa shape index (κ3) is 10.1. The largest absolute Gasteiger partial charge is 0.461 e. The molecule has 1 aromatic heterocycles. The van der Waals surface area contributed by atoms with Gasteiger partial charge in [-0.25, -0.2) is 19.4 Å². The fourth-order valence-electron chi connectivity index (χ4n) is 3.03. The minimum atomic E-state index is -0.679. The van der Waals surface area contributed by atoms with E-state index in [1.807, 2.05) is 20.8 Å². The standard InChI is InChI=1S/C23H36N4O7S/c1-8-31-18(28)17(16-14-35-19(24-16)25-20(29)33-22(2,3)4)26-32-13-15-9-11-27(12-10-15)21(30)34-23(5,6)7/h14-15H,8-13H2,1-7H3,(H,24,25,29)/b26-17-. The van der Waals surface area contributed by atoms with E-state index in [-0.39, 0.29) is 41.8 Å². The third-order valence-corrected chi connectivity index (χ3v) is 5.31. The molecule has 0 atom stereocenters. The number of oxime groups is 1. The summed E-state index contributed by atoms with van der Waals surface area (Å²) in [7, 11) is 0. The summed E-state index contributed by atoms with van der Waals surface area (Å²) in [6.45, 7) is 14.0. The Labute approximate surface area is 210 Å². The summed E-state index contributed by atoms with van der Waals surface area (Å²) < 4.78 is 15.7. The molecule has 1 aromatic rings. The van der Waals surface area contributed by atoms with Crippen molar-refractivity contribution in [3.05, 3.63) is 11.1 Å². The van der Waals surface area contributed by atoms with Gasteiger partial charge in [0.05, 0.1) is 6.61 Å². The molecular weight excluding hydrogens is 476 g/mol. The fourth-order valence-corrected chi connectivity index (χ4v) is 3.72. The third-order valence-electron chi connectivity index (χ3n) is 4.56. The van der Waals surface area contributed by atoms with Crippen LogP contribution in [0.25, 0.3) is 0 Å². The number of nitrogens with zero attached hydrogens (tertiary/aromatic N) is 3. The summed E-state index contributed by atoms with van der Waals surface area (Å²) in [5.74, 6) is -0.512. The number of aromatic nitrogens is 1. The monoisotopic (exact) mass is 512 g/mol. The molecule has 12 heteroatoms. The van der Waals surface area contributed by atoms with Crippen LogP contribution in [0.3, 0.4) is 0 Å². The summed E-state index contributed by atoms with van der Waals surface area (Å²) in [6, 6.07) is 0. The Morgan fingerprint density at radius 3 is 2.31 bits per heavy atom. The van der Waals surface area contributed by atoms with Crippen molar-refractivity contribution < 1.29 is 33.4 Å². The van der Waals surface area contributed by atoms with E-state index in [1.54, 1.807) is 38.0 Å². The second-order valence-electron chi connectivity index (χ2n) is 10.0. The van der Waals surface area contributed by atoms with E-state index in [9.17, 15) is 14.4 Å². The molecule has 0 saturated carbocycles. The number of rotatable bonds is 7. The van der Waals surface area contributed by atoms with Crippen LogP contribution in [-0.2, 0) is 23.8 Å². The summed E-state index contributed by atoms with van der Waals surface area (Å²) >= 11 is 1.12. The number of carbonyl (C=O) groups excluding carboxylic acids is 3. The number of nitrogens with one attached hydrogen (secondary N) is 1. The molecule has 196 valence electrons. The van der Waals surface area contributed by atoms with Gasteiger partial charge in [-0.2, -0.15) is 0 Å². The molecule has 0 radical (unpaired) electrons. The molecule has 2 heterocycles. The Balaban J connectivity index is 1.96. The van der Waals surface area contributed by atoms with Crippen molar-refractivity contribution in [1.82, 2.24) is 9.88 Å². The number of likely N-dealkylation sites (tertiary alicyclic amines) is 1. The van der Waals surface area contributed by atoms with E-state index < -0.39 is 23.3 Å². The van der Waals surface area contributed by atoms with E-state index in [0.29, 0.717) is 13.1 Å². The van der Waals surface area contributed by atoms with E-state index >= 15 is 0 Å². The first-order valence-electron chi connectivity index (χ1n) is 11.6. The van der Waals surface area contributed by atoms with Crippen LogP contribution in [0.5, 0.6) is 0 Å². The Morgan fingerprint density at radius 1 is 1.11 bits per heavy atom. The van der Waals surface area contributed by atoms with Crippen LogP contribution in [0.15, 0.2) is 10.5 Å². The average Bonchev–Trinajstić information content (AvgIpc) is 3.16. The van der Waals surface area contributed by atoms with Crippen LogP contribution >= 0.6 is 11.3 Å². The van der Waals surface area contributed by atoms with Crippen molar-refractivity contribution in [2.75, 3.05) is 31.6 Å². The highest BCUT2D eigenvalue weighted by molar-refractivity contribution is 7.14. The highest BCUT2D eigenvalue weighted by Crippen LogP contribution is 2.21. The minimum absolute atomic E-state index is 0.0912. The second-order valence-corrected chi connectivity index (χ2v) is 10.9. The van der Waals surface area contributed by atoms with Gasteiger partial charge < -0.3 is 23.9 Å². The van der Waals surface area contributed by atoms with Crippen LogP contribution in [-0.4, -0.2) is 71.3 Å². The van der Waals surface area contributed by atoms with Gasteiger partial charge in [0, 0.05) is 18.5 Å². The Hall–Kier alpha value is -2.89. The summed E-state index contributed by atoms with van der Waals surface area (Å²) in [4.78, 5) is 48.1. The topological polar surface area (TPSA) is 129 Å². The SMILES string of the molecule is CCOC(=O)/C(=N\OCC1CCN(C(=O)OC(C)(C)C)CC1)c1csc(NC(=O)OC(C)(C)C)n1. The second kappa shape index (κ2) is 12.2. The van der Waals surface area contributed by atoms with Gasteiger partial charge in [-0.05, 0) is 67.2 Å². The Bertz CT molecular complexity index is 910. The van der Waals surface area contributed by atoms with Crippen LogP contribution in [0.1, 0.15) is 67.0 Å². The van der Waals surface area contributed by atoms with Crippen LogP contribution in [0.2, 0.25) is 0 Å². The molecule has 0 aliphatic carbocycles. The van der Waals surface area contributed by atoms with Crippen LogP contribution in [0, 0.1) is 5.92 Å². The quantitative estimate of drug-likeness (QED) is 0.246. The number of carbonyl (C=O) groups is 3. The van der Waals surface area contributed by atoms with Gasteiger partial charge in [-0.1, -0.05) is 5.16 Å². The fraction of sp³-hybridized carbons (Fsp3) is 0.696. The molecule has 2 amide bonds. The first-order chi connectivity index (χ1) is 16.3. The zero-order valence-corrected chi connectivity index (χ0v) is 22.3. The van der Waals surface area contributed by atoms with Crippen molar-refractivity contribution in [1.29, 1.82) is 0 Å². The number of hydrogen-bond donors (Lipinski definition) is 1. The zero-order valence-electron chi connectivity index (χ0n) is 21.5. The lowest BCUT2D eigenvalue weighted by Gasteiger charge is -2.32. The molecule has 0 unspecified atom stereocenters. The molecule has 35 heavy (non-hydrogen) atoms. The zero-order chi connectivity index (χ0) is 26.2. The number of anilines is 1. The van der Waals surface area contributed by atoms with Crippen molar-refractivity contribution in [2.45, 2.75) is 72.5 Å². The molecule has 1 aliphatic heterocycles. The highest BCUT2D eigenvalue weighted by Gasteiger charge is 2.28. The predicted molar refractivity (Wildman–Crippen MR) is 132 cm³/mol. The molecular formula is C23H36N4O7S. The molecule has 2 rings (SSSR count). The number of thiazole rings is 1. The van der Waals surface area contributed by atoms with E-state index in [0.717, 1.165) is 24.2 Å². The Kier molecular flexibility index (Phi) is 9.87. The number of amides is 2. The summed E-state index contributed by atoms with van der Waals surface area (Å²) in [5, 5.41) is 8.36. The number of piperidine rings is 1. The van der Waals surface area contributed by atoms with Crippen molar-refractivity contribution in [3.8, 4) is 0 Å². The maximum absolute atomic E-state index is 12.4. The van der Waals surface area contributed by atoms with Crippen LogP contribution in [0.4, 0.5) is 14.7 Å². The highest BCUT2D eigenvalue weighted by atomic mass is 32.1. The van der Waals surface area contributed by atoms with Gasteiger partial charge in [0.2, 0.25) is 5.71 Å². The molecule has 1 aliphatic rings. The lowest BCUT2D eigenvalue weighted by molar-refractivity contribution is -0.135. The van der Waals surface area contributed by atoms with Crippen molar-refractivity contribution in [3.63, 3.8) is 0 Å². The normalized spacial score (nSPS) is 15.4. The van der Waals surface area contributed by atoms with Gasteiger partial charge in [0.15, 0.2) is 5.13 Å².